The monoisotopic (exact) mass is 358 g/mol. The van der Waals surface area contributed by atoms with Crippen molar-refractivity contribution in [2.24, 2.45) is 5.73 Å². The van der Waals surface area contributed by atoms with Crippen LogP contribution in [0.25, 0.3) is 0 Å². The van der Waals surface area contributed by atoms with Gasteiger partial charge in [-0.1, -0.05) is 6.42 Å². The number of hydrogen-bond acceptors (Lipinski definition) is 4. The van der Waals surface area contributed by atoms with Gasteiger partial charge < -0.3 is 16.0 Å². The van der Waals surface area contributed by atoms with Crippen LogP contribution in [0.3, 0.4) is 0 Å². The molecule has 142 valence electrons. The van der Waals surface area contributed by atoms with Crippen LogP contribution in [0.4, 0.5) is 11.4 Å². The summed E-state index contributed by atoms with van der Waals surface area (Å²) in [4.78, 5) is 28.7. The average molecular weight is 358 g/mol. The van der Waals surface area contributed by atoms with Crippen LogP contribution in [-0.4, -0.2) is 48.4 Å². The Labute approximate surface area is 155 Å². The fraction of sp³-hybridized carbons (Fsp3) is 0.600. The SMILES string of the molecule is C[C@H](C(=O)Nc1ccc(N2CCCCC2)cc1)N1CCCC[C@@H]1C(N)=O. The third-order valence-corrected chi connectivity index (χ3v) is 5.61. The van der Waals surface area contributed by atoms with E-state index in [9.17, 15) is 9.59 Å². The molecule has 3 rings (SSSR count). The zero-order valence-corrected chi connectivity index (χ0v) is 15.6. The Balaban J connectivity index is 1.60. The van der Waals surface area contributed by atoms with Crippen LogP contribution in [0.1, 0.15) is 45.4 Å². The van der Waals surface area contributed by atoms with Crippen molar-refractivity contribution in [2.75, 3.05) is 29.9 Å². The number of nitrogens with one attached hydrogen (secondary N) is 1. The quantitative estimate of drug-likeness (QED) is 0.847. The van der Waals surface area contributed by atoms with Crippen molar-refractivity contribution in [1.82, 2.24) is 4.90 Å². The number of piperidine rings is 2. The van der Waals surface area contributed by atoms with Crippen molar-refractivity contribution in [1.29, 1.82) is 0 Å². The molecule has 2 fully saturated rings. The van der Waals surface area contributed by atoms with Gasteiger partial charge in [0.1, 0.15) is 0 Å². The molecule has 0 radical (unpaired) electrons. The predicted octanol–water partition coefficient (Wildman–Crippen LogP) is 2.34. The summed E-state index contributed by atoms with van der Waals surface area (Å²) in [5.41, 5.74) is 7.51. The molecule has 2 aliphatic heterocycles. The second-order valence-corrected chi connectivity index (χ2v) is 7.41. The van der Waals surface area contributed by atoms with Crippen LogP contribution in [0.2, 0.25) is 0 Å². The Morgan fingerprint density at radius 3 is 2.35 bits per heavy atom. The lowest BCUT2D eigenvalue weighted by atomic mass is 9.99. The fourth-order valence-electron chi connectivity index (χ4n) is 4.03. The van der Waals surface area contributed by atoms with E-state index in [1.54, 1.807) is 0 Å². The van der Waals surface area contributed by atoms with Crippen molar-refractivity contribution in [3.63, 3.8) is 0 Å². The van der Waals surface area contributed by atoms with Crippen molar-refractivity contribution in [3.8, 4) is 0 Å². The smallest absolute Gasteiger partial charge is 0.241 e. The maximum atomic E-state index is 12.7. The van der Waals surface area contributed by atoms with Crippen LogP contribution < -0.4 is 16.0 Å². The van der Waals surface area contributed by atoms with Crippen LogP contribution in [0.15, 0.2) is 24.3 Å². The van der Waals surface area contributed by atoms with Crippen LogP contribution in [0, 0.1) is 0 Å². The first-order valence-electron chi connectivity index (χ1n) is 9.77. The van der Waals surface area contributed by atoms with E-state index in [0.29, 0.717) is 0 Å². The molecule has 0 aromatic heterocycles. The Morgan fingerprint density at radius 2 is 1.69 bits per heavy atom. The molecule has 0 bridgehead atoms. The molecule has 26 heavy (non-hydrogen) atoms. The summed E-state index contributed by atoms with van der Waals surface area (Å²) in [5.74, 6) is -0.431. The molecule has 0 saturated carbocycles. The molecule has 3 N–H and O–H groups in total. The van der Waals surface area contributed by atoms with E-state index >= 15 is 0 Å². The van der Waals surface area contributed by atoms with Crippen molar-refractivity contribution in [2.45, 2.75) is 57.5 Å². The number of benzene rings is 1. The van der Waals surface area contributed by atoms with Gasteiger partial charge in [-0.3, -0.25) is 14.5 Å². The van der Waals surface area contributed by atoms with E-state index in [-0.39, 0.29) is 23.9 Å². The summed E-state index contributed by atoms with van der Waals surface area (Å²) < 4.78 is 0. The minimum Gasteiger partial charge on any atom is -0.372 e. The maximum Gasteiger partial charge on any atom is 0.241 e. The highest BCUT2D eigenvalue weighted by molar-refractivity contribution is 5.95. The molecule has 0 spiro atoms. The first-order chi connectivity index (χ1) is 12.6. The number of rotatable bonds is 5. The molecule has 1 aromatic carbocycles. The Bertz CT molecular complexity index is 625. The van der Waals surface area contributed by atoms with Crippen molar-refractivity contribution in [3.05, 3.63) is 24.3 Å². The van der Waals surface area contributed by atoms with Crippen molar-refractivity contribution >= 4 is 23.2 Å². The lowest BCUT2D eigenvalue weighted by Crippen LogP contribution is -2.54. The number of anilines is 2. The topological polar surface area (TPSA) is 78.7 Å². The summed E-state index contributed by atoms with van der Waals surface area (Å²) in [7, 11) is 0. The molecule has 6 nitrogen and oxygen atoms in total. The van der Waals surface area contributed by atoms with Gasteiger partial charge in [-0.25, -0.2) is 0 Å². The number of nitrogens with two attached hydrogens (primary N) is 1. The van der Waals surface area contributed by atoms with Gasteiger partial charge in [0.15, 0.2) is 0 Å². The molecule has 0 unspecified atom stereocenters. The largest absolute Gasteiger partial charge is 0.372 e. The number of nitrogens with zero attached hydrogens (tertiary/aromatic N) is 2. The van der Waals surface area contributed by atoms with Gasteiger partial charge in [-0.05, 0) is 69.8 Å². The number of amides is 2. The second-order valence-electron chi connectivity index (χ2n) is 7.41. The van der Waals surface area contributed by atoms with E-state index in [1.165, 1.54) is 24.9 Å². The first-order valence-corrected chi connectivity index (χ1v) is 9.77. The molecule has 6 heteroatoms. The molecular formula is C20H30N4O2. The molecular weight excluding hydrogens is 328 g/mol. The summed E-state index contributed by atoms with van der Waals surface area (Å²) >= 11 is 0. The van der Waals surface area contributed by atoms with Gasteiger partial charge in [-0.15, -0.1) is 0 Å². The number of carbonyl (C=O) groups excluding carboxylic acids is 2. The molecule has 2 saturated heterocycles. The second kappa shape index (κ2) is 8.54. The molecule has 2 atom stereocenters. The van der Waals surface area contributed by atoms with E-state index in [0.717, 1.165) is 44.6 Å². The van der Waals surface area contributed by atoms with E-state index in [2.05, 4.69) is 22.3 Å². The van der Waals surface area contributed by atoms with Crippen molar-refractivity contribution < 1.29 is 9.59 Å². The Morgan fingerprint density at radius 1 is 1.04 bits per heavy atom. The van der Waals surface area contributed by atoms with Crippen LogP contribution in [0.5, 0.6) is 0 Å². The third-order valence-electron chi connectivity index (χ3n) is 5.61. The molecule has 2 heterocycles. The summed E-state index contributed by atoms with van der Waals surface area (Å²) in [6, 6.07) is 7.32. The highest BCUT2D eigenvalue weighted by atomic mass is 16.2. The van der Waals surface area contributed by atoms with Gasteiger partial charge in [0, 0.05) is 24.5 Å². The van der Waals surface area contributed by atoms with E-state index in [4.69, 9.17) is 5.73 Å². The van der Waals surface area contributed by atoms with Gasteiger partial charge in [0.2, 0.25) is 11.8 Å². The van der Waals surface area contributed by atoms with Gasteiger partial charge in [0.25, 0.3) is 0 Å². The highest BCUT2D eigenvalue weighted by Gasteiger charge is 2.33. The lowest BCUT2D eigenvalue weighted by molar-refractivity contribution is -0.129. The fourth-order valence-corrected chi connectivity index (χ4v) is 4.03. The Kier molecular flexibility index (Phi) is 6.14. The number of likely N-dealkylation sites (tertiary alicyclic amines) is 1. The normalized spacial score (nSPS) is 22.7. The number of carbonyl (C=O) groups is 2. The van der Waals surface area contributed by atoms with Crippen LogP contribution in [-0.2, 0) is 9.59 Å². The first kappa shape index (κ1) is 18.7. The number of primary amides is 1. The standard InChI is InChI=1S/C20H30N4O2/c1-15(24-14-6-3-7-18(24)19(21)25)20(26)22-16-8-10-17(11-9-16)23-12-4-2-5-13-23/h8-11,15,18H,2-7,12-14H2,1H3,(H2,21,25)(H,22,26)/t15-,18-/m1/s1. The van der Waals surface area contributed by atoms with Crippen LogP contribution >= 0.6 is 0 Å². The molecule has 2 aliphatic rings. The third kappa shape index (κ3) is 4.36. The molecule has 1 aromatic rings. The minimum atomic E-state index is -0.380. The average Bonchev–Trinajstić information content (AvgIpc) is 2.68. The lowest BCUT2D eigenvalue weighted by Gasteiger charge is -2.37. The summed E-state index contributed by atoms with van der Waals surface area (Å²) in [6.07, 6.45) is 6.50. The van der Waals surface area contributed by atoms with E-state index in [1.807, 2.05) is 24.0 Å². The maximum absolute atomic E-state index is 12.7. The molecule has 2 amide bonds. The zero-order chi connectivity index (χ0) is 18.5. The number of hydrogen-bond donors (Lipinski definition) is 2. The van der Waals surface area contributed by atoms with E-state index < -0.39 is 0 Å². The van der Waals surface area contributed by atoms with Gasteiger partial charge >= 0.3 is 0 Å². The minimum absolute atomic E-state index is 0.0936. The Hall–Kier alpha value is -2.08. The van der Waals surface area contributed by atoms with Gasteiger partial charge in [-0.2, -0.15) is 0 Å². The summed E-state index contributed by atoms with van der Waals surface area (Å²) in [5, 5.41) is 2.98. The summed E-state index contributed by atoms with van der Waals surface area (Å²) in [6.45, 7) is 4.78. The zero-order valence-electron chi connectivity index (χ0n) is 15.6. The highest BCUT2D eigenvalue weighted by Crippen LogP contribution is 2.23. The molecule has 0 aliphatic carbocycles. The van der Waals surface area contributed by atoms with Gasteiger partial charge in [0.05, 0.1) is 12.1 Å². The predicted molar refractivity (Wildman–Crippen MR) is 104 cm³/mol.